The van der Waals surface area contributed by atoms with Gasteiger partial charge in [-0.1, -0.05) is 158 Å². The molecule has 55 heavy (non-hydrogen) atoms. The molecular weight excluding hydrogens is 671 g/mol. The number of para-hydroxylation sites is 2. The lowest BCUT2D eigenvalue weighted by atomic mass is 9.92. The van der Waals surface area contributed by atoms with Crippen LogP contribution in [0.1, 0.15) is 0 Å². The van der Waals surface area contributed by atoms with E-state index >= 15 is 0 Å². The van der Waals surface area contributed by atoms with Crippen molar-refractivity contribution in [2.75, 3.05) is 0 Å². The van der Waals surface area contributed by atoms with Gasteiger partial charge in [0.2, 0.25) is 0 Å². The third-order valence-corrected chi connectivity index (χ3v) is 11.2. The Morgan fingerprint density at radius 1 is 0.309 bits per heavy atom. The molecule has 0 aliphatic heterocycles. The minimum atomic E-state index is 0.501. The number of rotatable bonds is 4. The van der Waals surface area contributed by atoms with E-state index in [1.54, 1.807) is 0 Å². The molecule has 0 unspecified atom stereocenters. The van der Waals surface area contributed by atoms with Crippen LogP contribution in [-0.4, -0.2) is 24.3 Å². The Morgan fingerprint density at radius 2 is 0.800 bits per heavy atom. The summed E-state index contributed by atoms with van der Waals surface area (Å²) >= 11 is 0. The molecule has 0 atom stereocenters. The molecule has 0 spiro atoms. The lowest BCUT2D eigenvalue weighted by Gasteiger charge is -2.18. The third-order valence-electron chi connectivity index (χ3n) is 11.2. The van der Waals surface area contributed by atoms with Crippen molar-refractivity contribution in [3.8, 4) is 45.0 Å². The first kappa shape index (κ1) is 30.0. The molecule has 0 fully saturated rings. The van der Waals surface area contributed by atoms with Gasteiger partial charge in [-0.05, 0) is 39.7 Å². The molecule has 0 aliphatic rings. The molecule has 0 N–H and O–H groups in total. The quantitative estimate of drug-likeness (QED) is 0.136. The third kappa shape index (κ3) is 4.35. The molecule has 5 heteroatoms. The second kappa shape index (κ2) is 11.5. The first-order valence-electron chi connectivity index (χ1n) is 18.6. The maximum absolute atomic E-state index is 5.48. The number of hydrogen-bond donors (Lipinski definition) is 0. The van der Waals surface area contributed by atoms with E-state index in [1.165, 1.54) is 43.5 Å². The maximum atomic E-state index is 5.48. The van der Waals surface area contributed by atoms with Gasteiger partial charge in [0.25, 0.3) is 0 Å². The van der Waals surface area contributed by atoms with E-state index in [9.17, 15) is 0 Å². The van der Waals surface area contributed by atoms with Crippen LogP contribution in [0.15, 0.2) is 176 Å². The highest BCUT2D eigenvalue weighted by atomic mass is 15.0. The van der Waals surface area contributed by atoms with Crippen molar-refractivity contribution in [1.29, 1.82) is 0 Å². The molecule has 0 saturated carbocycles. The van der Waals surface area contributed by atoms with Crippen LogP contribution >= 0.6 is 0 Å². The number of nitrogens with zero attached hydrogens (tertiary/aromatic N) is 5. The topological polar surface area (TPSA) is 56.0 Å². The molecule has 254 valence electrons. The predicted molar refractivity (Wildman–Crippen MR) is 227 cm³/mol. The number of hydrogen-bond acceptors (Lipinski definition) is 4. The second-order valence-electron chi connectivity index (χ2n) is 14.2. The Labute approximate surface area is 315 Å². The fourth-order valence-corrected chi connectivity index (χ4v) is 8.78. The molecule has 12 rings (SSSR count). The highest BCUT2D eigenvalue weighted by molar-refractivity contribution is 6.28. The summed E-state index contributed by atoms with van der Waals surface area (Å²) in [4.78, 5) is 21.5. The summed E-state index contributed by atoms with van der Waals surface area (Å²) in [5.41, 5.74) is 11.7. The van der Waals surface area contributed by atoms with Crippen molar-refractivity contribution in [1.82, 2.24) is 24.3 Å². The zero-order chi connectivity index (χ0) is 36.0. The van der Waals surface area contributed by atoms with Crippen LogP contribution in [0.5, 0.6) is 0 Å². The average Bonchev–Trinajstić information content (AvgIpc) is 3.60. The van der Waals surface area contributed by atoms with Gasteiger partial charge in [0.15, 0.2) is 11.3 Å². The van der Waals surface area contributed by atoms with Gasteiger partial charge in [-0.15, -0.1) is 0 Å². The zero-order valence-electron chi connectivity index (χ0n) is 29.5. The largest absolute Gasteiger partial charge is 0.308 e. The zero-order valence-corrected chi connectivity index (χ0v) is 29.5. The van der Waals surface area contributed by atoms with Gasteiger partial charge in [0.05, 0.1) is 39.3 Å². The SMILES string of the molecule is c1ccc(-c2nc3nc(-c4cccc5ccccc45)c(-c4ccc5c6c4cccc6c4cccc6c7ccccc7n5c46)nc3nc2-c2ccccc2)cc1. The minimum absolute atomic E-state index is 0.501. The first-order chi connectivity index (χ1) is 27.3. The Balaban J connectivity index is 1.22. The minimum Gasteiger partial charge on any atom is -0.308 e. The van der Waals surface area contributed by atoms with Crippen LogP contribution in [-0.2, 0) is 0 Å². The van der Waals surface area contributed by atoms with Gasteiger partial charge < -0.3 is 4.40 Å². The Morgan fingerprint density at radius 3 is 1.51 bits per heavy atom. The summed E-state index contributed by atoms with van der Waals surface area (Å²) in [5.74, 6) is 0. The average molecular weight is 700 g/mol. The van der Waals surface area contributed by atoms with Crippen molar-refractivity contribution in [2.45, 2.75) is 0 Å². The van der Waals surface area contributed by atoms with E-state index in [0.29, 0.717) is 11.3 Å². The smallest absolute Gasteiger partial charge is 0.199 e. The monoisotopic (exact) mass is 699 g/mol. The lowest BCUT2D eigenvalue weighted by molar-refractivity contribution is 1.17. The number of fused-ring (bicyclic) bond motifs is 7. The highest BCUT2D eigenvalue weighted by Crippen LogP contribution is 2.44. The molecule has 0 aliphatic carbocycles. The second-order valence-corrected chi connectivity index (χ2v) is 14.2. The van der Waals surface area contributed by atoms with Crippen molar-refractivity contribution >= 4 is 70.9 Å². The number of benzene rings is 8. The Kier molecular flexibility index (Phi) is 6.27. The van der Waals surface area contributed by atoms with Crippen LogP contribution in [0.4, 0.5) is 0 Å². The van der Waals surface area contributed by atoms with E-state index < -0.39 is 0 Å². The summed E-state index contributed by atoms with van der Waals surface area (Å²) < 4.78 is 2.44. The van der Waals surface area contributed by atoms with Crippen molar-refractivity contribution in [2.24, 2.45) is 0 Å². The molecule has 4 heterocycles. The molecule has 8 aromatic carbocycles. The summed E-state index contributed by atoms with van der Waals surface area (Å²) in [6, 6.07) is 61.9. The van der Waals surface area contributed by atoms with Crippen molar-refractivity contribution in [3.63, 3.8) is 0 Å². The first-order valence-corrected chi connectivity index (χ1v) is 18.6. The predicted octanol–water partition coefficient (Wildman–Crippen LogP) is 12.5. The van der Waals surface area contributed by atoms with Gasteiger partial charge in [-0.2, -0.15) is 0 Å². The Bertz CT molecular complexity index is 3470. The molecule has 12 aromatic rings. The van der Waals surface area contributed by atoms with Gasteiger partial charge in [-0.25, -0.2) is 19.9 Å². The van der Waals surface area contributed by atoms with Gasteiger partial charge in [0, 0.05) is 43.8 Å². The van der Waals surface area contributed by atoms with Crippen LogP contribution in [0, 0.1) is 0 Å². The van der Waals surface area contributed by atoms with E-state index in [0.717, 1.165) is 61.2 Å². The molecular formula is C50H29N5. The van der Waals surface area contributed by atoms with Crippen LogP contribution in [0.3, 0.4) is 0 Å². The molecule has 0 radical (unpaired) electrons. The number of pyridine rings is 1. The van der Waals surface area contributed by atoms with E-state index in [-0.39, 0.29) is 0 Å². The standard InChI is InChI=1S/C50H29N5/c1-3-15-31(16-4-1)44-45(32-17-5-2-6-18-32)52-50-49(51-44)53-46(37-24-11-19-30-14-7-8-20-33(30)37)47(54-50)38-28-29-42-43-35(38)22-12-23-36(43)40-26-13-25-39-34-21-9-10-27-41(34)55(42)48(39)40/h1-29H. The van der Waals surface area contributed by atoms with Gasteiger partial charge in [0.1, 0.15) is 0 Å². The van der Waals surface area contributed by atoms with E-state index in [2.05, 4.69) is 144 Å². The van der Waals surface area contributed by atoms with Gasteiger partial charge >= 0.3 is 0 Å². The van der Waals surface area contributed by atoms with Gasteiger partial charge in [-0.3, -0.25) is 0 Å². The van der Waals surface area contributed by atoms with Crippen molar-refractivity contribution in [3.05, 3.63) is 176 Å². The molecule has 4 aromatic heterocycles. The summed E-state index contributed by atoms with van der Waals surface area (Å²) in [7, 11) is 0. The van der Waals surface area contributed by atoms with Crippen LogP contribution in [0.2, 0.25) is 0 Å². The fraction of sp³-hybridized carbons (Fsp3) is 0. The fourth-order valence-electron chi connectivity index (χ4n) is 8.78. The highest BCUT2D eigenvalue weighted by Gasteiger charge is 2.24. The lowest BCUT2D eigenvalue weighted by Crippen LogP contribution is -2.03. The van der Waals surface area contributed by atoms with E-state index in [4.69, 9.17) is 19.9 Å². The Hall–Kier alpha value is -7.50. The molecule has 0 saturated heterocycles. The summed E-state index contributed by atoms with van der Waals surface area (Å²) in [5, 5.41) is 9.52. The van der Waals surface area contributed by atoms with E-state index in [1.807, 2.05) is 36.4 Å². The van der Waals surface area contributed by atoms with Crippen LogP contribution < -0.4 is 0 Å². The summed E-state index contributed by atoms with van der Waals surface area (Å²) in [6.45, 7) is 0. The summed E-state index contributed by atoms with van der Waals surface area (Å²) in [6.07, 6.45) is 0. The maximum Gasteiger partial charge on any atom is 0.199 e. The molecule has 0 amide bonds. The normalized spacial score (nSPS) is 12.0. The van der Waals surface area contributed by atoms with Crippen LogP contribution in [0.25, 0.3) is 116 Å². The molecule has 5 nitrogen and oxygen atoms in total. The van der Waals surface area contributed by atoms with Crippen molar-refractivity contribution < 1.29 is 0 Å². The number of aromatic nitrogens is 5. The molecule has 0 bridgehead atoms.